The van der Waals surface area contributed by atoms with Crippen molar-refractivity contribution in [3.05, 3.63) is 59.8 Å². The molecule has 1 aromatic rings. The van der Waals surface area contributed by atoms with Crippen molar-refractivity contribution in [2.45, 2.75) is 31.7 Å². The number of nitrogens with zero attached hydrogens (tertiary/aromatic N) is 2. The van der Waals surface area contributed by atoms with Gasteiger partial charge in [-0.05, 0) is 55.8 Å². The van der Waals surface area contributed by atoms with Gasteiger partial charge in [-0.2, -0.15) is 0 Å². The predicted octanol–water partition coefficient (Wildman–Crippen LogP) is 3.99. The number of allylic oxidation sites excluding steroid dienone is 2. The van der Waals surface area contributed by atoms with Gasteiger partial charge in [-0.1, -0.05) is 42.5 Å². The van der Waals surface area contributed by atoms with Gasteiger partial charge in [0.15, 0.2) is 0 Å². The molecule has 1 saturated carbocycles. The smallest absolute Gasteiger partial charge is 0.0667 e. The van der Waals surface area contributed by atoms with Crippen LogP contribution < -0.4 is 0 Å². The molecule has 3 aliphatic rings. The van der Waals surface area contributed by atoms with Crippen LogP contribution in [0, 0.1) is 5.92 Å². The number of hydrogen-bond donors (Lipinski definition) is 0. The molecule has 2 heterocycles. The maximum absolute atomic E-state index is 2.64. The molecule has 1 aliphatic carbocycles. The summed E-state index contributed by atoms with van der Waals surface area (Å²) in [7, 11) is 0. The zero-order valence-corrected chi connectivity index (χ0v) is 13.3. The average Bonchev–Trinajstić information content (AvgIpc) is 3.31. The molecule has 0 N–H and O–H groups in total. The van der Waals surface area contributed by atoms with E-state index in [1.165, 1.54) is 44.3 Å². The van der Waals surface area contributed by atoms with Gasteiger partial charge >= 0.3 is 0 Å². The number of benzene rings is 1. The summed E-state index contributed by atoms with van der Waals surface area (Å²) in [6.45, 7) is 4.74. The summed E-state index contributed by atoms with van der Waals surface area (Å²) in [5.74, 6) is 0.835. The Labute approximate surface area is 134 Å². The Morgan fingerprint density at radius 3 is 2.55 bits per heavy atom. The van der Waals surface area contributed by atoms with E-state index in [-0.39, 0.29) is 0 Å². The van der Waals surface area contributed by atoms with Crippen LogP contribution >= 0.6 is 0 Å². The molecule has 116 valence electrons. The maximum Gasteiger partial charge on any atom is 0.0667 e. The van der Waals surface area contributed by atoms with E-state index in [0.29, 0.717) is 6.04 Å². The van der Waals surface area contributed by atoms with Gasteiger partial charge in [0.25, 0.3) is 0 Å². The minimum atomic E-state index is 0.484. The van der Waals surface area contributed by atoms with E-state index in [2.05, 4.69) is 58.5 Å². The van der Waals surface area contributed by atoms with Crippen molar-refractivity contribution in [3.63, 3.8) is 0 Å². The van der Waals surface area contributed by atoms with Crippen molar-refractivity contribution in [1.29, 1.82) is 0 Å². The third-order valence-electron chi connectivity index (χ3n) is 5.20. The van der Waals surface area contributed by atoms with E-state index in [9.17, 15) is 0 Å². The van der Waals surface area contributed by atoms with Crippen LogP contribution in [-0.2, 0) is 0 Å². The molecule has 22 heavy (non-hydrogen) atoms. The van der Waals surface area contributed by atoms with Crippen LogP contribution in [0.1, 0.15) is 37.3 Å². The Morgan fingerprint density at radius 1 is 1.05 bits per heavy atom. The lowest BCUT2D eigenvalue weighted by atomic mass is 10.0. The van der Waals surface area contributed by atoms with Crippen LogP contribution in [0.25, 0.3) is 0 Å². The van der Waals surface area contributed by atoms with E-state index in [0.717, 1.165) is 19.0 Å². The molecule has 0 amide bonds. The van der Waals surface area contributed by atoms with E-state index < -0.39 is 0 Å². The number of rotatable bonds is 5. The second-order valence-electron chi connectivity index (χ2n) is 6.94. The van der Waals surface area contributed by atoms with Crippen molar-refractivity contribution < 1.29 is 0 Å². The maximum atomic E-state index is 2.64. The second-order valence-corrected chi connectivity index (χ2v) is 6.94. The first-order valence-electron chi connectivity index (χ1n) is 8.81. The Bertz CT molecular complexity index is 550. The van der Waals surface area contributed by atoms with Crippen LogP contribution in [-0.4, -0.2) is 36.0 Å². The lowest BCUT2D eigenvalue weighted by Crippen LogP contribution is -2.35. The minimum absolute atomic E-state index is 0.484. The Balaban J connectivity index is 1.57. The van der Waals surface area contributed by atoms with Gasteiger partial charge in [-0.3, -0.25) is 0 Å². The molecule has 2 aliphatic heterocycles. The predicted molar refractivity (Wildman–Crippen MR) is 91.5 cm³/mol. The molecule has 1 saturated heterocycles. The van der Waals surface area contributed by atoms with Gasteiger partial charge in [0.1, 0.15) is 0 Å². The first-order chi connectivity index (χ1) is 10.9. The van der Waals surface area contributed by atoms with Gasteiger partial charge in [0.2, 0.25) is 0 Å². The van der Waals surface area contributed by atoms with E-state index in [1.807, 2.05) is 0 Å². The monoisotopic (exact) mass is 294 g/mol. The van der Waals surface area contributed by atoms with Crippen molar-refractivity contribution in [1.82, 2.24) is 9.80 Å². The normalized spacial score (nSPS) is 23.6. The molecule has 0 aromatic heterocycles. The summed E-state index contributed by atoms with van der Waals surface area (Å²) in [6, 6.07) is 11.6. The largest absolute Gasteiger partial charge is 0.365 e. The highest BCUT2D eigenvalue weighted by atomic mass is 15.2. The fourth-order valence-electron chi connectivity index (χ4n) is 3.76. The highest BCUT2D eigenvalue weighted by molar-refractivity contribution is 5.30. The lowest BCUT2D eigenvalue weighted by molar-refractivity contribution is 0.211. The molecule has 0 spiro atoms. The first-order valence-corrected chi connectivity index (χ1v) is 8.81. The molecule has 0 radical (unpaired) electrons. The zero-order chi connectivity index (χ0) is 14.8. The molecule has 2 fully saturated rings. The summed E-state index contributed by atoms with van der Waals surface area (Å²) in [5, 5.41) is 0. The summed E-state index contributed by atoms with van der Waals surface area (Å²) in [4.78, 5) is 5.21. The van der Waals surface area contributed by atoms with Crippen LogP contribution in [0.15, 0.2) is 54.3 Å². The van der Waals surface area contributed by atoms with Crippen molar-refractivity contribution in [2.24, 2.45) is 5.92 Å². The van der Waals surface area contributed by atoms with E-state index in [4.69, 9.17) is 0 Å². The topological polar surface area (TPSA) is 6.48 Å². The Hall–Kier alpha value is -1.54. The summed E-state index contributed by atoms with van der Waals surface area (Å²) < 4.78 is 0. The minimum Gasteiger partial charge on any atom is -0.365 e. The average molecular weight is 294 g/mol. The van der Waals surface area contributed by atoms with Crippen molar-refractivity contribution >= 4 is 0 Å². The number of likely N-dealkylation sites (tertiary alicyclic amines) is 1. The fraction of sp³-hybridized carbons (Fsp3) is 0.500. The molecule has 1 atom stereocenters. The third kappa shape index (κ3) is 3.12. The SMILES string of the molecule is C1=CC(C2CC2)=CN([C@H](CN2CCCC2)c2ccccc2)C1. The Morgan fingerprint density at radius 2 is 1.82 bits per heavy atom. The summed E-state index contributed by atoms with van der Waals surface area (Å²) in [6.07, 6.45) is 12.7. The summed E-state index contributed by atoms with van der Waals surface area (Å²) >= 11 is 0. The first kappa shape index (κ1) is 14.1. The highest BCUT2D eigenvalue weighted by Crippen LogP contribution is 2.39. The Kier molecular flexibility index (Phi) is 4.03. The van der Waals surface area contributed by atoms with Gasteiger partial charge in [0.05, 0.1) is 6.04 Å². The molecule has 0 unspecified atom stereocenters. The van der Waals surface area contributed by atoms with Crippen LogP contribution in [0.3, 0.4) is 0 Å². The van der Waals surface area contributed by atoms with Gasteiger partial charge < -0.3 is 9.80 Å². The van der Waals surface area contributed by atoms with Crippen LogP contribution in [0.2, 0.25) is 0 Å². The standard InChI is InChI=1S/C20H26N2/c1-2-7-18(8-3-1)20(16-21-12-4-5-13-21)22-14-6-9-19(15-22)17-10-11-17/h1-3,6-9,15,17,20H,4-5,10-14,16H2/t20-/m1/s1. The third-order valence-corrected chi connectivity index (χ3v) is 5.20. The highest BCUT2D eigenvalue weighted by Gasteiger charge is 2.29. The van der Waals surface area contributed by atoms with Gasteiger partial charge in [0, 0.05) is 19.3 Å². The molecule has 4 rings (SSSR count). The molecular formula is C20H26N2. The van der Waals surface area contributed by atoms with Crippen LogP contribution in [0.5, 0.6) is 0 Å². The molecule has 0 bridgehead atoms. The fourth-order valence-corrected chi connectivity index (χ4v) is 3.76. The molecule has 1 aromatic carbocycles. The second kappa shape index (κ2) is 6.29. The lowest BCUT2D eigenvalue weighted by Gasteiger charge is -2.35. The van der Waals surface area contributed by atoms with Crippen molar-refractivity contribution in [2.75, 3.05) is 26.2 Å². The molecule has 2 nitrogen and oxygen atoms in total. The summed E-state index contributed by atoms with van der Waals surface area (Å²) in [5.41, 5.74) is 3.00. The zero-order valence-electron chi connectivity index (χ0n) is 13.3. The van der Waals surface area contributed by atoms with Gasteiger partial charge in [-0.25, -0.2) is 0 Å². The van der Waals surface area contributed by atoms with Crippen LogP contribution in [0.4, 0.5) is 0 Å². The number of hydrogen-bond acceptors (Lipinski definition) is 2. The van der Waals surface area contributed by atoms with Crippen molar-refractivity contribution in [3.8, 4) is 0 Å². The van der Waals surface area contributed by atoms with Gasteiger partial charge in [-0.15, -0.1) is 0 Å². The molecule has 2 heteroatoms. The van der Waals surface area contributed by atoms with E-state index >= 15 is 0 Å². The molecular weight excluding hydrogens is 268 g/mol. The van der Waals surface area contributed by atoms with E-state index in [1.54, 1.807) is 5.57 Å². The quantitative estimate of drug-likeness (QED) is 0.810.